The highest BCUT2D eigenvalue weighted by Crippen LogP contribution is 2.34. The lowest BCUT2D eigenvalue weighted by Gasteiger charge is -2.13. The Morgan fingerprint density at radius 3 is 1.61 bits per heavy atom. The summed E-state index contributed by atoms with van der Waals surface area (Å²) >= 11 is 0. The summed E-state index contributed by atoms with van der Waals surface area (Å²) in [6.45, 7) is 0. The van der Waals surface area contributed by atoms with Crippen molar-refractivity contribution in [1.29, 1.82) is 0 Å². The SMILES string of the molecule is O=Cc1cc(-c2ccccc2)c(-c2ccccc2)cc1C#Cc1ccccc1. The van der Waals surface area contributed by atoms with E-state index in [9.17, 15) is 4.79 Å². The van der Waals surface area contributed by atoms with Crippen molar-refractivity contribution in [2.75, 3.05) is 0 Å². The highest BCUT2D eigenvalue weighted by molar-refractivity contribution is 5.91. The summed E-state index contributed by atoms with van der Waals surface area (Å²) in [5.74, 6) is 6.35. The Balaban J connectivity index is 1.92. The van der Waals surface area contributed by atoms with E-state index in [2.05, 4.69) is 36.1 Å². The topological polar surface area (TPSA) is 17.1 Å². The average Bonchev–Trinajstić information content (AvgIpc) is 2.79. The average molecular weight is 358 g/mol. The molecule has 0 aromatic heterocycles. The van der Waals surface area contributed by atoms with E-state index in [1.54, 1.807) is 0 Å². The molecule has 28 heavy (non-hydrogen) atoms. The molecule has 0 aliphatic carbocycles. The summed E-state index contributed by atoms with van der Waals surface area (Å²) < 4.78 is 0. The number of rotatable bonds is 3. The molecule has 0 amide bonds. The molecule has 0 aliphatic rings. The van der Waals surface area contributed by atoms with Gasteiger partial charge in [0.25, 0.3) is 0 Å². The van der Waals surface area contributed by atoms with E-state index < -0.39 is 0 Å². The lowest BCUT2D eigenvalue weighted by molar-refractivity contribution is 0.112. The van der Waals surface area contributed by atoms with Crippen molar-refractivity contribution in [3.05, 3.63) is 120 Å². The zero-order chi connectivity index (χ0) is 19.2. The zero-order valence-corrected chi connectivity index (χ0v) is 15.3. The van der Waals surface area contributed by atoms with Crippen molar-refractivity contribution in [3.63, 3.8) is 0 Å². The monoisotopic (exact) mass is 358 g/mol. The smallest absolute Gasteiger partial charge is 0.151 e. The quantitative estimate of drug-likeness (QED) is 0.313. The van der Waals surface area contributed by atoms with Gasteiger partial charge in [0, 0.05) is 16.7 Å². The summed E-state index contributed by atoms with van der Waals surface area (Å²) in [4.78, 5) is 11.8. The van der Waals surface area contributed by atoms with Gasteiger partial charge in [0.05, 0.1) is 0 Å². The Hall–Kier alpha value is -3.89. The van der Waals surface area contributed by atoms with Crippen LogP contribution in [-0.4, -0.2) is 6.29 Å². The summed E-state index contributed by atoms with van der Waals surface area (Å²) in [5.41, 5.74) is 6.52. The van der Waals surface area contributed by atoms with Gasteiger partial charge in [0.15, 0.2) is 6.29 Å². The van der Waals surface area contributed by atoms with Crippen LogP contribution in [0.4, 0.5) is 0 Å². The molecule has 0 fully saturated rings. The van der Waals surface area contributed by atoms with E-state index in [0.717, 1.165) is 39.7 Å². The van der Waals surface area contributed by atoms with Crippen LogP contribution >= 0.6 is 0 Å². The Kier molecular flexibility index (Phi) is 5.13. The molecule has 0 saturated heterocycles. The van der Waals surface area contributed by atoms with Gasteiger partial charge in [-0.05, 0) is 46.5 Å². The molecule has 132 valence electrons. The van der Waals surface area contributed by atoms with E-state index in [0.29, 0.717) is 5.56 Å². The van der Waals surface area contributed by atoms with E-state index >= 15 is 0 Å². The van der Waals surface area contributed by atoms with Gasteiger partial charge in [-0.1, -0.05) is 90.7 Å². The molecule has 4 aromatic rings. The van der Waals surface area contributed by atoms with Crippen molar-refractivity contribution in [2.24, 2.45) is 0 Å². The van der Waals surface area contributed by atoms with Gasteiger partial charge in [0.1, 0.15) is 0 Å². The van der Waals surface area contributed by atoms with Crippen molar-refractivity contribution >= 4 is 6.29 Å². The van der Waals surface area contributed by atoms with Crippen LogP contribution in [0.15, 0.2) is 103 Å². The summed E-state index contributed by atoms with van der Waals surface area (Å²) in [7, 11) is 0. The van der Waals surface area contributed by atoms with E-state index in [1.807, 2.05) is 78.9 Å². The predicted molar refractivity (Wildman–Crippen MR) is 115 cm³/mol. The van der Waals surface area contributed by atoms with Crippen LogP contribution in [-0.2, 0) is 0 Å². The first-order valence-electron chi connectivity index (χ1n) is 9.16. The van der Waals surface area contributed by atoms with Crippen molar-refractivity contribution < 1.29 is 4.79 Å². The van der Waals surface area contributed by atoms with Crippen LogP contribution < -0.4 is 0 Å². The lowest BCUT2D eigenvalue weighted by Crippen LogP contribution is -1.94. The zero-order valence-electron chi connectivity index (χ0n) is 15.3. The highest BCUT2D eigenvalue weighted by atomic mass is 16.1. The molecule has 1 heteroatoms. The minimum atomic E-state index is 0.599. The number of hydrogen-bond donors (Lipinski definition) is 0. The number of benzene rings is 4. The third-order valence-corrected chi connectivity index (χ3v) is 4.60. The number of aldehydes is 1. The number of carbonyl (C=O) groups excluding carboxylic acids is 1. The standard InChI is InChI=1S/C27H18O/c28-20-25-19-27(23-14-8-3-9-15-23)26(22-12-6-2-7-13-22)18-24(25)17-16-21-10-4-1-5-11-21/h1-15,18-20H. The predicted octanol–water partition coefficient (Wildman–Crippen LogP) is 6.23. The molecular formula is C27H18O. The van der Waals surface area contributed by atoms with Gasteiger partial charge in [-0.3, -0.25) is 4.79 Å². The van der Waals surface area contributed by atoms with Crippen LogP contribution in [0.2, 0.25) is 0 Å². The second-order valence-electron chi connectivity index (χ2n) is 6.45. The third kappa shape index (κ3) is 3.77. The first-order chi connectivity index (χ1) is 13.8. The molecule has 0 atom stereocenters. The molecular weight excluding hydrogens is 340 g/mol. The maximum atomic E-state index is 11.8. The third-order valence-electron chi connectivity index (χ3n) is 4.60. The first-order valence-corrected chi connectivity index (χ1v) is 9.16. The molecule has 0 spiro atoms. The minimum absolute atomic E-state index is 0.599. The molecule has 4 rings (SSSR count). The normalized spacial score (nSPS) is 10.0. The Morgan fingerprint density at radius 2 is 1.07 bits per heavy atom. The van der Waals surface area contributed by atoms with Gasteiger partial charge in [-0.25, -0.2) is 0 Å². The van der Waals surface area contributed by atoms with Crippen molar-refractivity contribution in [3.8, 4) is 34.1 Å². The molecule has 0 N–H and O–H groups in total. The van der Waals surface area contributed by atoms with Gasteiger partial charge >= 0.3 is 0 Å². The van der Waals surface area contributed by atoms with Gasteiger partial charge in [-0.15, -0.1) is 0 Å². The van der Waals surface area contributed by atoms with E-state index in [-0.39, 0.29) is 0 Å². The molecule has 0 bridgehead atoms. The summed E-state index contributed by atoms with van der Waals surface area (Å²) in [6.07, 6.45) is 0.885. The van der Waals surface area contributed by atoms with Gasteiger partial charge in [0.2, 0.25) is 0 Å². The first kappa shape index (κ1) is 17.5. The maximum Gasteiger partial charge on any atom is 0.151 e. The van der Waals surface area contributed by atoms with Crippen LogP contribution in [0, 0.1) is 11.8 Å². The van der Waals surface area contributed by atoms with Crippen LogP contribution in [0.1, 0.15) is 21.5 Å². The molecule has 1 nitrogen and oxygen atoms in total. The highest BCUT2D eigenvalue weighted by Gasteiger charge is 2.12. The largest absolute Gasteiger partial charge is 0.298 e. The summed E-state index contributed by atoms with van der Waals surface area (Å²) in [5, 5.41) is 0. The molecule has 0 radical (unpaired) electrons. The lowest BCUT2D eigenvalue weighted by atomic mass is 9.90. The molecule has 0 heterocycles. The fourth-order valence-corrected chi connectivity index (χ4v) is 3.20. The number of hydrogen-bond acceptors (Lipinski definition) is 1. The van der Waals surface area contributed by atoms with Crippen LogP contribution in [0.25, 0.3) is 22.3 Å². The molecule has 0 unspecified atom stereocenters. The molecule has 4 aromatic carbocycles. The van der Waals surface area contributed by atoms with E-state index in [4.69, 9.17) is 0 Å². The van der Waals surface area contributed by atoms with E-state index in [1.165, 1.54) is 0 Å². The molecule has 0 saturated carbocycles. The second-order valence-corrected chi connectivity index (χ2v) is 6.45. The fraction of sp³-hybridized carbons (Fsp3) is 0. The number of carbonyl (C=O) groups is 1. The van der Waals surface area contributed by atoms with Crippen LogP contribution in [0.5, 0.6) is 0 Å². The second kappa shape index (κ2) is 8.20. The maximum absolute atomic E-state index is 11.8. The van der Waals surface area contributed by atoms with Crippen molar-refractivity contribution in [2.45, 2.75) is 0 Å². The summed E-state index contributed by atoms with van der Waals surface area (Å²) in [6, 6.07) is 34.1. The van der Waals surface area contributed by atoms with Gasteiger partial charge in [-0.2, -0.15) is 0 Å². The van der Waals surface area contributed by atoms with Crippen LogP contribution in [0.3, 0.4) is 0 Å². The Morgan fingerprint density at radius 1 is 0.571 bits per heavy atom. The fourth-order valence-electron chi connectivity index (χ4n) is 3.20. The van der Waals surface area contributed by atoms with Crippen molar-refractivity contribution in [1.82, 2.24) is 0 Å². The Labute approximate surface area is 165 Å². The minimum Gasteiger partial charge on any atom is -0.298 e. The Bertz CT molecular complexity index is 1150. The van der Waals surface area contributed by atoms with Gasteiger partial charge < -0.3 is 0 Å². The molecule has 0 aliphatic heterocycles.